The van der Waals surface area contributed by atoms with E-state index in [1.807, 2.05) is 44.2 Å². The Bertz CT molecular complexity index is 858. The van der Waals surface area contributed by atoms with Gasteiger partial charge in [0.25, 0.3) is 0 Å². The van der Waals surface area contributed by atoms with Gasteiger partial charge >= 0.3 is 5.97 Å². The molecule has 0 fully saturated rings. The van der Waals surface area contributed by atoms with Crippen LogP contribution in [-0.4, -0.2) is 16.7 Å². The number of carbonyl (C=O) groups excluding carboxylic acids is 1. The van der Waals surface area contributed by atoms with Gasteiger partial charge in [0.2, 0.25) is 5.89 Å². The molecule has 1 aromatic heterocycles. The van der Waals surface area contributed by atoms with Crippen molar-refractivity contribution in [2.24, 2.45) is 0 Å². The van der Waals surface area contributed by atoms with Crippen LogP contribution in [0.15, 0.2) is 64.0 Å². The summed E-state index contributed by atoms with van der Waals surface area (Å²) in [5.74, 6) is 1.03. The van der Waals surface area contributed by atoms with Crippen molar-refractivity contribution in [3.05, 3.63) is 71.7 Å². The summed E-state index contributed by atoms with van der Waals surface area (Å²) in [6.45, 7) is 4.11. The summed E-state index contributed by atoms with van der Waals surface area (Å²) >= 11 is 1.48. The summed E-state index contributed by atoms with van der Waals surface area (Å²) in [5, 5.41) is 0. The van der Waals surface area contributed by atoms with Gasteiger partial charge in [-0.15, -0.1) is 11.8 Å². The van der Waals surface area contributed by atoms with Crippen molar-refractivity contribution >= 4 is 17.7 Å². The van der Waals surface area contributed by atoms with Gasteiger partial charge in [-0.25, -0.2) is 4.98 Å². The van der Waals surface area contributed by atoms with E-state index in [0.717, 1.165) is 16.0 Å². The zero-order valence-electron chi connectivity index (χ0n) is 14.2. The summed E-state index contributed by atoms with van der Waals surface area (Å²) in [6, 6.07) is 15.9. The molecule has 3 rings (SSSR count). The Hall–Kier alpha value is -2.53. The molecule has 128 valence electrons. The van der Waals surface area contributed by atoms with E-state index in [1.54, 1.807) is 6.20 Å². The Labute approximate surface area is 151 Å². The fraction of sp³-hybridized carbons (Fsp3) is 0.200. The van der Waals surface area contributed by atoms with Gasteiger partial charge in [-0.3, -0.25) is 4.79 Å². The van der Waals surface area contributed by atoms with Crippen LogP contribution in [0.1, 0.15) is 17.0 Å². The Morgan fingerprint density at radius 2 is 1.96 bits per heavy atom. The van der Waals surface area contributed by atoms with Crippen LogP contribution in [0.2, 0.25) is 0 Å². The zero-order chi connectivity index (χ0) is 17.6. The Kier molecular flexibility index (Phi) is 5.56. The van der Waals surface area contributed by atoms with Crippen LogP contribution in [0.5, 0.6) is 0 Å². The largest absolute Gasteiger partial charge is 0.455 e. The average Bonchev–Trinajstić information content (AvgIpc) is 3.10. The maximum atomic E-state index is 12.0. The maximum Gasteiger partial charge on any atom is 0.316 e. The van der Waals surface area contributed by atoms with E-state index in [-0.39, 0.29) is 18.3 Å². The van der Waals surface area contributed by atoms with Crippen molar-refractivity contribution < 1.29 is 13.9 Å². The second kappa shape index (κ2) is 8.03. The molecule has 25 heavy (non-hydrogen) atoms. The first kappa shape index (κ1) is 17.3. The summed E-state index contributed by atoms with van der Waals surface area (Å²) in [6.07, 6.45) is 1.64. The smallest absolute Gasteiger partial charge is 0.316 e. The summed E-state index contributed by atoms with van der Waals surface area (Å²) < 4.78 is 10.9. The molecule has 0 atom stereocenters. The minimum atomic E-state index is -0.287. The molecule has 1 heterocycles. The fourth-order valence-electron chi connectivity index (χ4n) is 2.30. The number of hydrogen-bond acceptors (Lipinski definition) is 5. The molecule has 3 aromatic rings. The molecule has 0 bridgehead atoms. The molecule has 0 saturated heterocycles. The van der Waals surface area contributed by atoms with E-state index < -0.39 is 0 Å². The Morgan fingerprint density at radius 1 is 1.16 bits per heavy atom. The van der Waals surface area contributed by atoms with Crippen molar-refractivity contribution in [2.75, 3.05) is 5.75 Å². The average molecular weight is 353 g/mol. The molecule has 0 aliphatic rings. The van der Waals surface area contributed by atoms with Gasteiger partial charge in [-0.2, -0.15) is 0 Å². The SMILES string of the molecule is Cc1ccc(C)c(SCC(=O)OCc2ncc(-c3ccccc3)o2)c1. The molecule has 0 spiro atoms. The minimum Gasteiger partial charge on any atom is -0.455 e. The first-order valence-electron chi connectivity index (χ1n) is 7.97. The Balaban J connectivity index is 1.51. The predicted octanol–water partition coefficient (Wildman–Crippen LogP) is 4.79. The van der Waals surface area contributed by atoms with Crippen LogP contribution < -0.4 is 0 Å². The lowest BCUT2D eigenvalue weighted by Crippen LogP contribution is -2.07. The monoisotopic (exact) mass is 353 g/mol. The topological polar surface area (TPSA) is 52.3 Å². The zero-order valence-corrected chi connectivity index (χ0v) is 15.0. The molecular formula is C20H19NO3S. The molecule has 0 radical (unpaired) electrons. The van der Waals surface area contributed by atoms with Crippen LogP contribution in [-0.2, 0) is 16.1 Å². The lowest BCUT2D eigenvalue weighted by Gasteiger charge is -2.06. The lowest BCUT2D eigenvalue weighted by atomic mass is 10.2. The van der Waals surface area contributed by atoms with Gasteiger partial charge in [-0.05, 0) is 25.5 Å². The fourth-order valence-corrected chi connectivity index (χ4v) is 3.22. The molecule has 2 aromatic carbocycles. The van der Waals surface area contributed by atoms with Gasteiger partial charge in [0.1, 0.15) is 0 Å². The van der Waals surface area contributed by atoms with Crippen molar-refractivity contribution in [2.45, 2.75) is 25.3 Å². The number of oxazole rings is 1. The molecule has 0 aliphatic carbocycles. The number of benzene rings is 2. The minimum absolute atomic E-state index is 0.0407. The van der Waals surface area contributed by atoms with E-state index in [2.05, 4.69) is 23.2 Å². The van der Waals surface area contributed by atoms with Crippen LogP contribution in [0.25, 0.3) is 11.3 Å². The van der Waals surface area contributed by atoms with Crippen LogP contribution in [0.3, 0.4) is 0 Å². The molecule has 0 unspecified atom stereocenters. The van der Waals surface area contributed by atoms with Crippen molar-refractivity contribution in [1.82, 2.24) is 4.98 Å². The summed E-state index contributed by atoms with van der Waals surface area (Å²) in [5.41, 5.74) is 3.27. The normalized spacial score (nSPS) is 10.6. The predicted molar refractivity (Wildman–Crippen MR) is 98.4 cm³/mol. The van der Waals surface area contributed by atoms with Crippen molar-refractivity contribution in [3.8, 4) is 11.3 Å². The second-order valence-electron chi connectivity index (χ2n) is 5.70. The van der Waals surface area contributed by atoms with E-state index in [9.17, 15) is 4.79 Å². The molecule has 5 heteroatoms. The van der Waals surface area contributed by atoms with Crippen LogP contribution in [0.4, 0.5) is 0 Å². The van der Waals surface area contributed by atoms with Crippen LogP contribution >= 0.6 is 11.8 Å². The van der Waals surface area contributed by atoms with Gasteiger partial charge < -0.3 is 9.15 Å². The highest BCUT2D eigenvalue weighted by Crippen LogP contribution is 2.24. The molecule has 0 amide bonds. The first-order valence-corrected chi connectivity index (χ1v) is 8.96. The summed E-state index contributed by atoms with van der Waals surface area (Å²) in [7, 11) is 0. The van der Waals surface area contributed by atoms with Crippen LogP contribution in [0, 0.1) is 13.8 Å². The molecule has 0 aliphatic heterocycles. The second-order valence-corrected chi connectivity index (χ2v) is 6.72. The van der Waals surface area contributed by atoms with Crippen molar-refractivity contribution in [1.29, 1.82) is 0 Å². The third kappa shape index (κ3) is 4.73. The highest BCUT2D eigenvalue weighted by molar-refractivity contribution is 8.00. The van der Waals surface area contributed by atoms with Crippen molar-refractivity contribution in [3.63, 3.8) is 0 Å². The molecule has 0 N–H and O–H groups in total. The molecule has 4 nitrogen and oxygen atoms in total. The standard InChI is InChI=1S/C20H19NO3S/c1-14-8-9-15(2)18(10-14)25-13-20(22)23-12-19-21-11-17(24-19)16-6-4-3-5-7-16/h3-11H,12-13H2,1-2H3. The number of ether oxygens (including phenoxy) is 1. The lowest BCUT2D eigenvalue weighted by molar-refractivity contribution is -0.142. The third-order valence-electron chi connectivity index (χ3n) is 3.66. The number of rotatable bonds is 6. The number of aromatic nitrogens is 1. The number of esters is 1. The number of thioether (sulfide) groups is 1. The highest BCUT2D eigenvalue weighted by atomic mass is 32.2. The first-order chi connectivity index (χ1) is 12.1. The van der Waals surface area contributed by atoms with E-state index in [4.69, 9.17) is 9.15 Å². The Morgan fingerprint density at radius 3 is 2.76 bits per heavy atom. The number of hydrogen-bond donors (Lipinski definition) is 0. The van der Waals surface area contributed by atoms with E-state index in [0.29, 0.717) is 11.7 Å². The maximum absolute atomic E-state index is 12.0. The van der Waals surface area contributed by atoms with E-state index >= 15 is 0 Å². The number of nitrogens with zero attached hydrogens (tertiary/aromatic N) is 1. The van der Waals surface area contributed by atoms with Gasteiger partial charge in [0.05, 0.1) is 11.9 Å². The molecule has 0 saturated carbocycles. The van der Waals surface area contributed by atoms with Gasteiger partial charge in [-0.1, -0.05) is 48.0 Å². The quantitative estimate of drug-likeness (QED) is 0.471. The third-order valence-corrected chi connectivity index (χ3v) is 4.79. The molecular weight excluding hydrogens is 334 g/mol. The van der Waals surface area contributed by atoms with Gasteiger partial charge in [0, 0.05) is 10.5 Å². The van der Waals surface area contributed by atoms with Gasteiger partial charge in [0.15, 0.2) is 12.4 Å². The highest BCUT2D eigenvalue weighted by Gasteiger charge is 2.10. The summed E-state index contributed by atoms with van der Waals surface area (Å²) in [4.78, 5) is 17.2. The van der Waals surface area contributed by atoms with E-state index in [1.165, 1.54) is 17.3 Å². The number of aryl methyl sites for hydroxylation is 2. The number of carbonyl (C=O) groups is 1.